The number of likely N-dealkylation sites (tertiary alicyclic amines) is 1. The molecule has 1 saturated heterocycles. The zero-order chi connectivity index (χ0) is 21.3. The third kappa shape index (κ3) is 6.11. The van der Waals surface area contributed by atoms with Crippen LogP contribution in [0.5, 0.6) is 0 Å². The van der Waals surface area contributed by atoms with Gasteiger partial charge in [-0.05, 0) is 70.3 Å². The highest BCUT2D eigenvalue weighted by Gasteiger charge is 2.22. The molecular formula is C23H38N6O. The first kappa shape index (κ1) is 22.4. The molecule has 1 atom stereocenters. The number of furan rings is 1. The summed E-state index contributed by atoms with van der Waals surface area (Å²) >= 11 is 0. The van der Waals surface area contributed by atoms with Gasteiger partial charge in [-0.15, -0.1) is 0 Å². The van der Waals surface area contributed by atoms with E-state index >= 15 is 0 Å². The van der Waals surface area contributed by atoms with Crippen molar-refractivity contribution >= 4 is 5.96 Å². The van der Waals surface area contributed by atoms with Crippen LogP contribution in [0.4, 0.5) is 0 Å². The molecule has 0 amide bonds. The lowest BCUT2D eigenvalue weighted by atomic mass is 10.1. The van der Waals surface area contributed by atoms with Crippen LogP contribution in [0.25, 0.3) is 0 Å². The minimum absolute atomic E-state index is 0.569. The van der Waals surface area contributed by atoms with Crippen molar-refractivity contribution in [2.45, 2.75) is 58.9 Å². The fourth-order valence-electron chi connectivity index (χ4n) is 4.30. The summed E-state index contributed by atoms with van der Waals surface area (Å²) in [6.07, 6.45) is 7.20. The van der Waals surface area contributed by atoms with E-state index in [1.807, 2.05) is 23.9 Å². The summed E-state index contributed by atoms with van der Waals surface area (Å²) in [7, 11) is 2.01. The molecule has 30 heavy (non-hydrogen) atoms. The van der Waals surface area contributed by atoms with E-state index < -0.39 is 0 Å². The van der Waals surface area contributed by atoms with Crippen LogP contribution in [-0.4, -0.2) is 59.4 Å². The molecule has 2 aromatic rings. The molecule has 0 spiro atoms. The predicted octanol–water partition coefficient (Wildman–Crippen LogP) is 2.82. The van der Waals surface area contributed by atoms with E-state index in [0.29, 0.717) is 6.04 Å². The minimum Gasteiger partial charge on any atom is -0.469 e. The van der Waals surface area contributed by atoms with E-state index in [1.165, 1.54) is 30.6 Å². The fraction of sp³-hybridized carbons (Fsp3) is 0.652. The van der Waals surface area contributed by atoms with Gasteiger partial charge < -0.3 is 15.1 Å². The summed E-state index contributed by atoms with van der Waals surface area (Å²) in [4.78, 5) is 7.45. The van der Waals surface area contributed by atoms with Gasteiger partial charge in [-0.25, -0.2) is 0 Å². The van der Waals surface area contributed by atoms with E-state index in [-0.39, 0.29) is 0 Å². The molecule has 1 fully saturated rings. The third-order valence-corrected chi connectivity index (χ3v) is 6.16. The summed E-state index contributed by atoms with van der Waals surface area (Å²) in [5.41, 5.74) is 3.77. The van der Waals surface area contributed by atoms with Crippen molar-refractivity contribution in [1.29, 1.82) is 0 Å². The second-order valence-electron chi connectivity index (χ2n) is 8.17. The Morgan fingerprint density at radius 1 is 1.27 bits per heavy atom. The van der Waals surface area contributed by atoms with Gasteiger partial charge in [-0.1, -0.05) is 6.92 Å². The van der Waals surface area contributed by atoms with Crippen molar-refractivity contribution in [3.05, 3.63) is 41.1 Å². The predicted molar refractivity (Wildman–Crippen MR) is 122 cm³/mol. The van der Waals surface area contributed by atoms with Gasteiger partial charge in [0.05, 0.1) is 18.5 Å². The van der Waals surface area contributed by atoms with Crippen LogP contribution in [0.1, 0.15) is 48.9 Å². The molecular weight excluding hydrogens is 376 g/mol. The number of hydrogen-bond donors (Lipinski definition) is 2. The molecule has 3 heterocycles. The van der Waals surface area contributed by atoms with Gasteiger partial charge in [0, 0.05) is 38.3 Å². The Labute approximate surface area is 180 Å². The minimum atomic E-state index is 0.569. The number of nitrogens with zero attached hydrogens (tertiary/aromatic N) is 4. The molecule has 0 saturated carbocycles. The molecule has 3 rings (SSSR count). The van der Waals surface area contributed by atoms with Gasteiger partial charge in [-0.2, -0.15) is 5.10 Å². The SMILES string of the molecule is CCN1CCCC1CN=C(NCCCc1c(C)nn(C)c1C)NCCc1ccco1. The molecule has 7 nitrogen and oxygen atoms in total. The summed E-state index contributed by atoms with van der Waals surface area (Å²) in [5.74, 6) is 1.90. The first-order valence-electron chi connectivity index (χ1n) is 11.4. The highest BCUT2D eigenvalue weighted by Crippen LogP contribution is 2.16. The van der Waals surface area contributed by atoms with Crippen molar-refractivity contribution in [2.24, 2.45) is 12.0 Å². The normalized spacial score (nSPS) is 17.6. The van der Waals surface area contributed by atoms with Crippen LogP contribution < -0.4 is 10.6 Å². The van der Waals surface area contributed by atoms with Gasteiger partial charge in [0.1, 0.15) is 5.76 Å². The zero-order valence-electron chi connectivity index (χ0n) is 19.1. The Hall–Kier alpha value is -2.28. The number of aromatic nitrogens is 2. The van der Waals surface area contributed by atoms with Crippen molar-refractivity contribution in [3.8, 4) is 0 Å². The Balaban J connectivity index is 1.50. The Bertz CT molecular complexity index is 795. The molecule has 1 aliphatic heterocycles. The monoisotopic (exact) mass is 414 g/mol. The Morgan fingerprint density at radius 2 is 2.10 bits per heavy atom. The number of guanidine groups is 1. The number of rotatable bonds is 10. The van der Waals surface area contributed by atoms with Gasteiger partial charge in [0.2, 0.25) is 0 Å². The number of aryl methyl sites for hydroxylation is 2. The first-order chi connectivity index (χ1) is 14.6. The molecule has 0 aliphatic carbocycles. The maximum absolute atomic E-state index is 5.44. The molecule has 1 aliphatic rings. The fourth-order valence-corrected chi connectivity index (χ4v) is 4.30. The third-order valence-electron chi connectivity index (χ3n) is 6.16. The Kier molecular flexibility index (Phi) is 8.37. The zero-order valence-corrected chi connectivity index (χ0v) is 19.1. The van der Waals surface area contributed by atoms with Crippen molar-refractivity contribution in [1.82, 2.24) is 25.3 Å². The second kappa shape index (κ2) is 11.2. The molecule has 0 aromatic carbocycles. The molecule has 2 N–H and O–H groups in total. The van der Waals surface area contributed by atoms with E-state index in [1.54, 1.807) is 6.26 Å². The van der Waals surface area contributed by atoms with Crippen LogP contribution >= 0.6 is 0 Å². The lowest BCUT2D eigenvalue weighted by molar-refractivity contribution is 0.273. The van der Waals surface area contributed by atoms with Crippen LogP contribution in [0.15, 0.2) is 27.8 Å². The smallest absolute Gasteiger partial charge is 0.191 e. The standard InChI is InChI=1S/C23H38N6O/c1-5-29-15-7-9-20(29)17-26-23(25-14-12-21-10-8-16-30-21)24-13-6-11-22-18(2)27-28(4)19(22)3/h8,10,16,20H,5-7,9,11-15,17H2,1-4H3,(H2,24,25,26). The lowest BCUT2D eigenvalue weighted by Crippen LogP contribution is -2.40. The van der Waals surface area contributed by atoms with Crippen LogP contribution in [0.2, 0.25) is 0 Å². The van der Waals surface area contributed by atoms with E-state index in [4.69, 9.17) is 9.41 Å². The van der Waals surface area contributed by atoms with E-state index in [2.05, 4.69) is 41.4 Å². The van der Waals surface area contributed by atoms with Gasteiger partial charge >= 0.3 is 0 Å². The molecule has 0 bridgehead atoms. The topological polar surface area (TPSA) is 70.6 Å². The van der Waals surface area contributed by atoms with E-state index in [9.17, 15) is 0 Å². The van der Waals surface area contributed by atoms with Crippen LogP contribution in [0.3, 0.4) is 0 Å². The lowest BCUT2D eigenvalue weighted by Gasteiger charge is -2.21. The van der Waals surface area contributed by atoms with Crippen LogP contribution in [-0.2, 0) is 19.9 Å². The number of hydrogen-bond acceptors (Lipinski definition) is 4. The molecule has 1 unspecified atom stereocenters. The number of nitrogens with one attached hydrogen (secondary N) is 2. The molecule has 0 radical (unpaired) electrons. The molecule has 166 valence electrons. The van der Waals surface area contributed by atoms with Gasteiger partial charge in [-0.3, -0.25) is 14.6 Å². The maximum atomic E-state index is 5.44. The number of aliphatic imine (C=N–C) groups is 1. The van der Waals surface area contributed by atoms with Crippen molar-refractivity contribution in [3.63, 3.8) is 0 Å². The Morgan fingerprint density at radius 3 is 2.80 bits per heavy atom. The highest BCUT2D eigenvalue weighted by atomic mass is 16.3. The summed E-state index contributed by atoms with van der Waals surface area (Å²) in [6.45, 7) is 11.3. The quantitative estimate of drug-likeness (QED) is 0.355. The van der Waals surface area contributed by atoms with Gasteiger partial charge in [0.15, 0.2) is 5.96 Å². The van der Waals surface area contributed by atoms with E-state index in [0.717, 1.165) is 62.9 Å². The second-order valence-corrected chi connectivity index (χ2v) is 8.17. The largest absolute Gasteiger partial charge is 0.469 e. The van der Waals surface area contributed by atoms with Crippen LogP contribution in [0, 0.1) is 13.8 Å². The summed E-state index contributed by atoms with van der Waals surface area (Å²) in [6, 6.07) is 4.52. The summed E-state index contributed by atoms with van der Waals surface area (Å²) < 4.78 is 7.42. The molecule has 2 aromatic heterocycles. The van der Waals surface area contributed by atoms with Crippen molar-refractivity contribution < 1.29 is 4.42 Å². The number of likely N-dealkylation sites (N-methyl/N-ethyl adjacent to an activating group) is 1. The highest BCUT2D eigenvalue weighted by molar-refractivity contribution is 5.79. The summed E-state index contributed by atoms with van der Waals surface area (Å²) in [5, 5.41) is 11.5. The average Bonchev–Trinajstić information content (AvgIpc) is 3.46. The maximum Gasteiger partial charge on any atom is 0.191 e. The van der Waals surface area contributed by atoms with Crippen molar-refractivity contribution in [2.75, 3.05) is 32.7 Å². The first-order valence-corrected chi connectivity index (χ1v) is 11.4. The molecule has 7 heteroatoms. The van der Waals surface area contributed by atoms with Gasteiger partial charge in [0.25, 0.3) is 0 Å². The average molecular weight is 415 g/mol.